The van der Waals surface area contributed by atoms with Crippen molar-refractivity contribution in [1.82, 2.24) is 0 Å². The van der Waals surface area contributed by atoms with Crippen molar-refractivity contribution in [2.45, 2.75) is 39.0 Å². The average molecular weight is 206 g/mol. The highest BCUT2D eigenvalue weighted by atomic mass is 16.4. The number of aryl methyl sites for hydroxylation is 2. The Bertz CT molecular complexity index is 318. The van der Waals surface area contributed by atoms with Gasteiger partial charge >= 0.3 is 5.97 Å². The summed E-state index contributed by atoms with van der Waals surface area (Å²) < 4.78 is 0. The molecule has 82 valence electrons. The van der Waals surface area contributed by atoms with E-state index in [1.54, 1.807) is 0 Å². The molecule has 0 bridgehead atoms. The van der Waals surface area contributed by atoms with E-state index in [-0.39, 0.29) is 6.42 Å². The summed E-state index contributed by atoms with van der Waals surface area (Å²) >= 11 is 0. The number of benzene rings is 1. The molecule has 0 aliphatic rings. The van der Waals surface area contributed by atoms with Gasteiger partial charge in [0.1, 0.15) is 0 Å². The molecule has 1 aromatic rings. The van der Waals surface area contributed by atoms with Crippen molar-refractivity contribution >= 4 is 5.97 Å². The van der Waals surface area contributed by atoms with E-state index in [4.69, 9.17) is 5.11 Å². The molecule has 1 aromatic carbocycles. The van der Waals surface area contributed by atoms with Gasteiger partial charge < -0.3 is 5.11 Å². The van der Waals surface area contributed by atoms with Gasteiger partial charge in [-0.15, -0.1) is 0 Å². The number of rotatable bonds is 6. The van der Waals surface area contributed by atoms with Gasteiger partial charge in [0.2, 0.25) is 0 Å². The minimum atomic E-state index is -0.709. The highest BCUT2D eigenvalue weighted by Gasteiger charge is 1.99. The predicted octanol–water partition coefficient (Wildman–Crippen LogP) is 3.05. The maximum absolute atomic E-state index is 10.4. The molecule has 1 N–H and O–H groups in total. The monoisotopic (exact) mass is 206 g/mol. The van der Waals surface area contributed by atoms with E-state index in [9.17, 15) is 4.79 Å². The van der Waals surface area contributed by atoms with Crippen molar-refractivity contribution in [1.29, 1.82) is 0 Å². The number of hydrogen-bond donors (Lipinski definition) is 1. The Morgan fingerprint density at radius 1 is 1.27 bits per heavy atom. The van der Waals surface area contributed by atoms with Crippen LogP contribution in [0.15, 0.2) is 24.3 Å². The fraction of sp³-hybridized carbons (Fsp3) is 0.462. The summed E-state index contributed by atoms with van der Waals surface area (Å²) in [6.07, 6.45) is 4.11. The van der Waals surface area contributed by atoms with Gasteiger partial charge in [-0.2, -0.15) is 0 Å². The Hall–Kier alpha value is -1.31. The van der Waals surface area contributed by atoms with E-state index < -0.39 is 5.97 Å². The second kappa shape index (κ2) is 6.23. The van der Waals surface area contributed by atoms with E-state index in [0.717, 1.165) is 25.7 Å². The Kier molecular flexibility index (Phi) is 4.88. The molecule has 0 aliphatic carbocycles. The van der Waals surface area contributed by atoms with E-state index >= 15 is 0 Å². The quantitative estimate of drug-likeness (QED) is 0.776. The maximum atomic E-state index is 10.4. The Morgan fingerprint density at radius 2 is 1.93 bits per heavy atom. The molecule has 0 unspecified atom stereocenters. The molecular formula is C13H18O2. The van der Waals surface area contributed by atoms with Crippen LogP contribution in [0.4, 0.5) is 0 Å². The first kappa shape index (κ1) is 11.8. The summed E-state index contributed by atoms with van der Waals surface area (Å²) in [4.78, 5) is 10.4. The van der Waals surface area contributed by atoms with Gasteiger partial charge in [-0.3, -0.25) is 4.79 Å². The number of carboxylic acid groups (broad SMARTS) is 1. The number of carboxylic acids is 1. The lowest BCUT2D eigenvalue weighted by Gasteiger charge is -2.03. The van der Waals surface area contributed by atoms with Crippen LogP contribution in [0.2, 0.25) is 0 Å². The summed E-state index contributed by atoms with van der Waals surface area (Å²) in [6, 6.07) is 8.44. The lowest BCUT2D eigenvalue weighted by Crippen LogP contribution is -1.96. The molecule has 0 fully saturated rings. The van der Waals surface area contributed by atoms with Gasteiger partial charge in [0, 0.05) is 6.42 Å². The van der Waals surface area contributed by atoms with Crippen molar-refractivity contribution < 1.29 is 9.90 Å². The Labute approximate surface area is 90.9 Å². The maximum Gasteiger partial charge on any atom is 0.303 e. The molecule has 0 aliphatic heterocycles. The van der Waals surface area contributed by atoms with Gasteiger partial charge in [0.05, 0.1) is 0 Å². The molecular weight excluding hydrogens is 188 g/mol. The molecule has 0 radical (unpaired) electrons. The van der Waals surface area contributed by atoms with Crippen LogP contribution in [-0.4, -0.2) is 11.1 Å². The van der Waals surface area contributed by atoms with Gasteiger partial charge in [-0.1, -0.05) is 37.6 Å². The van der Waals surface area contributed by atoms with Crippen molar-refractivity contribution in [2.75, 3.05) is 0 Å². The second-order valence-electron chi connectivity index (χ2n) is 3.82. The van der Waals surface area contributed by atoms with Gasteiger partial charge in [-0.05, 0) is 30.4 Å². The van der Waals surface area contributed by atoms with Crippen molar-refractivity contribution in [2.24, 2.45) is 0 Å². The lowest BCUT2D eigenvalue weighted by atomic mass is 10.0. The molecule has 0 heterocycles. The summed E-state index contributed by atoms with van der Waals surface area (Å²) in [6.45, 7) is 2.16. The van der Waals surface area contributed by atoms with Crippen molar-refractivity contribution in [3.8, 4) is 0 Å². The fourth-order valence-corrected chi connectivity index (χ4v) is 1.67. The SMILES string of the molecule is CCCc1cccc(CCCC(=O)O)c1. The van der Waals surface area contributed by atoms with Crippen molar-refractivity contribution in [3.63, 3.8) is 0 Å². The molecule has 0 aromatic heterocycles. The summed E-state index contributed by atoms with van der Waals surface area (Å²) in [5.74, 6) is -0.709. The predicted molar refractivity (Wildman–Crippen MR) is 61.0 cm³/mol. The van der Waals surface area contributed by atoms with Crippen LogP contribution in [-0.2, 0) is 17.6 Å². The molecule has 0 amide bonds. The van der Waals surface area contributed by atoms with Crippen molar-refractivity contribution in [3.05, 3.63) is 35.4 Å². The van der Waals surface area contributed by atoms with Crippen LogP contribution >= 0.6 is 0 Å². The molecule has 0 atom stereocenters. The number of carbonyl (C=O) groups is 1. The number of aliphatic carboxylic acids is 1. The second-order valence-corrected chi connectivity index (χ2v) is 3.82. The standard InChI is InChI=1S/C13H18O2/c1-2-5-11-6-3-7-12(10-11)8-4-9-13(14)15/h3,6-7,10H,2,4-5,8-9H2,1H3,(H,14,15). The minimum absolute atomic E-state index is 0.262. The van der Waals surface area contributed by atoms with Gasteiger partial charge in [-0.25, -0.2) is 0 Å². The summed E-state index contributed by atoms with van der Waals surface area (Å²) in [7, 11) is 0. The average Bonchev–Trinajstić information content (AvgIpc) is 2.18. The van der Waals surface area contributed by atoms with Crippen LogP contribution in [0.3, 0.4) is 0 Å². The zero-order valence-electron chi connectivity index (χ0n) is 9.20. The smallest absolute Gasteiger partial charge is 0.303 e. The third kappa shape index (κ3) is 4.63. The van der Waals surface area contributed by atoms with Gasteiger partial charge in [0.25, 0.3) is 0 Å². The molecule has 0 spiro atoms. The largest absolute Gasteiger partial charge is 0.481 e. The van der Waals surface area contributed by atoms with E-state index in [2.05, 4.69) is 31.2 Å². The van der Waals surface area contributed by atoms with E-state index in [1.807, 2.05) is 0 Å². The minimum Gasteiger partial charge on any atom is -0.481 e. The third-order valence-electron chi connectivity index (χ3n) is 2.39. The molecule has 15 heavy (non-hydrogen) atoms. The molecule has 0 saturated carbocycles. The third-order valence-corrected chi connectivity index (χ3v) is 2.39. The molecule has 2 nitrogen and oxygen atoms in total. The van der Waals surface area contributed by atoms with Crippen LogP contribution < -0.4 is 0 Å². The summed E-state index contributed by atoms with van der Waals surface area (Å²) in [5.41, 5.74) is 2.60. The zero-order chi connectivity index (χ0) is 11.1. The normalized spacial score (nSPS) is 10.2. The zero-order valence-corrected chi connectivity index (χ0v) is 9.20. The highest BCUT2D eigenvalue weighted by molar-refractivity contribution is 5.66. The fourth-order valence-electron chi connectivity index (χ4n) is 1.67. The first-order valence-corrected chi connectivity index (χ1v) is 5.52. The first-order valence-electron chi connectivity index (χ1n) is 5.52. The van der Waals surface area contributed by atoms with E-state index in [0.29, 0.717) is 0 Å². The first-order chi connectivity index (χ1) is 7.22. The Balaban J connectivity index is 2.46. The van der Waals surface area contributed by atoms with Crippen LogP contribution in [0.5, 0.6) is 0 Å². The van der Waals surface area contributed by atoms with Crippen LogP contribution in [0.25, 0.3) is 0 Å². The van der Waals surface area contributed by atoms with Crippen LogP contribution in [0.1, 0.15) is 37.3 Å². The highest BCUT2D eigenvalue weighted by Crippen LogP contribution is 2.10. The lowest BCUT2D eigenvalue weighted by molar-refractivity contribution is -0.137. The molecule has 2 heteroatoms. The molecule has 0 saturated heterocycles. The van der Waals surface area contributed by atoms with E-state index in [1.165, 1.54) is 11.1 Å². The Morgan fingerprint density at radius 3 is 2.53 bits per heavy atom. The number of hydrogen-bond acceptors (Lipinski definition) is 1. The van der Waals surface area contributed by atoms with Gasteiger partial charge in [0.15, 0.2) is 0 Å². The summed E-state index contributed by atoms with van der Waals surface area (Å²) in [5, 5.41) is 8.53. The van der Waals surface area contributed by atoms with Crippen LogP contribution in [0, 0.1) is 0 Å². The topological polar surface area (TPSA) is 37.3 Å². The molecule has 1 rings (SSSR count).